The Hall–Kier alpha value is -0.870. The molecule has 1 rings (SSSR count). The van der Waals surface area contributed by atoms with Crippen LogP contribution in [0.15, 0.2) is 18.2 Å². The maximum absolute atomic E-state index is 11.7. The zero-order chi connectivity index (χ0) is 11.6. The summed E-state index contributed by atoms with van der Waals surface area (Å²) in [5.74, 6) is -1.49. The summed E-state index contributed by atoms with van der Waals surface area (Å²) in [6, 6.07) is 4.45. The monoisotopic (exact) mass is 290 g/mol. The van der Waals surface area contributed by atoms with Gasteiger partial charge >= 0.3 is 5.97 Å². The Morgan fingerprint density at radius 3 is 2.53 bits per heavy atom. The van der Waals surface area contributed by atoms with Gasteiger partial charge in [0.25, 0.3) is 0 Å². The van der Waals surface area contributed by atoms with Crippen molar-refractivity contribution in [3.63, 3.8) is 0 Å². The van der Waals surface area contributed by atoms with E-state index in [1.165, 1.54) is 12.1 Å². The second kappa shape index (κ2) is 4.77. The molecule has 0 spiro atoms. The van der Waals surface area contributed by atoms with Crippen LogP contribution in [0, 0.1) is 0 Å². The summed E-state index contributed by atoms with van der Waals surface area (Å²) in [6.07, 6.45) is 0. The smallest absolute Gasteiger partial charge is 0.337 e. The first-order valence-electron chi connectivity index (χ1n) is 4.15. The minimum absolute atomic E-state index is 0.0708. The molecule has 1 unspecified atom stereocenters. The van der Waals surface area contributed by atoms with Crippen molar-refractivity contribution in [2.75, 3.05) is 0 Å². The van der Waals surface area contributed by atoms with E-state index in [-0.39, 0.29) is 21.9 Å². The van der Waals surface area contributed by atoms with Crippen LogP contribution in [0.25, 0.3) is 0 Å². The van der Waals surface area contributed by atoms with Gasteiger partial charge in [0.15, 0.2) is 5.78 Å². The number of benzene rings is 1. The maximum Gasteiger partial charge on any atom is 0.337 e. The third-order valence-corrected chi connectivity index (χ3v) is 2.59. The van der Waals surface area contributed by atoms with Gasteiger partial charge in [-0.2, -0.15) is 0 Å². The van der Waals surface area contributed by atoms with Gasteiger partial charge in [-0.1, -0.05) is 39.7 Å². The number of carbonyl (C=O) groups excluding carboxylic acids is 1. The lowest BCUT2D eigenvalue weighted by Gasteiger charge is -2.07. The SMILES string of the molecule is CC(Br)C(=O)c1cccc(Cl)c1C(=O)O. The number of Topliss-reactive ketones (excluding diaryl/α,β-unsaturated/α-hetero) is 1. The molecule has 0 radical (unpaired) electrons. The molecule has 0 aliphatic heterocycles. The number of alkyl halides is 1. The first-order chi connectivity index (χ1) is 6.95. The second-order valence-corrected chi connectivity index (χ2v) is 4.73. The minimum atomic E-state index is -1.20. The topological polar surface area (TPSA) is 54.4 Å². The van der Waals surface area contributed by atoms with Gasteiger partial charge in [-0.25, -0.2) is 4.79 Å². The highest BCUT2D eigenvalue weighted by Crippen LogP contribution is 2.22. The number of ketones is 1. The fourth-order valence-electron chi connectivity index (χ4n) is 1.16. The summed E-state index contributed by atoms with van der Waals surface area (Å²) in [7, 11) is 0. The molecule has 80 valence electrons. The Balaban J connectivity index is 3.35. The van der Waals surface area contributed by atoms with Crippen LogP contribution in [-0.4, -0.2) is 21.7 Å². The molecule has 3 nitrogen and oxygen atoms in total. The number of hydrogen-bond donors (Lipinski definition) is 1. The Morgan fingerprint density at radius 2 is 2.07 bits per heavy atom. The zero-order valence-corrected chi connectivity index (χ0v) is 10.2. The molecule has 0 amide bonds. The lowest BCUT2D eigenvalue weighted by Crippen LogP contribution is -2.15. The summed E-state index contributed by atoms with van der Waals surface area (Å²) in [4.78, 5) is 22.1. The third kappa shape index (κ3) is 2.58. The standard InChI is InChI=1S/C10H8BrClO3/c1-5(11)9(13)6-3-2-4-7(12)8(6)10(14)15/h2-5H,1H3,(H,14,15). The summed E-state index contributed by atoms with van der Waals surface area (Å²) < 4.78 is 0. The van der Waals surface area contributed by atoms with Crippen LogP contribution in [0.1, 0.15) is 27.6 Å². The third-order valence-electron chi connectivity index (χ3n) is 1.85. The normalized spacial score (nSPS) is 12.2. The molecule has 1 aromatic carbocycles. The molecule has 0 saturated heterocycles. The van der Waals surface area contributed by atoms with Gasteiger partial charge in [-0.05, 0) is 13.0 Å². The highest BCUT2D eigenvalue weighted by molar-refractivity contribution is 9.10. The van der Waals surface area contributed by atoms with Crippen LogP contribution < -0.4 is 0 Å². The van der Waals surface area contributed by atoms with Gasteiger partial charge < -0.3 is 5.11 Å². The molecule has 0 bridgehead atoms. The van der Waals surface area contributed by atoms with Crippen LogP contribution in [0.5, 0.6) is 0 Å². The lowest BCUT2D eigenvalue weighted by molar-refractivity contribution is 0.0692. The van der Waals surface area contributed by atoms with Crippen LogP contribution in [0.3, 0.4) is 0 Å². The van der Waals surface area contributed by atoms with Crippen LogP contribution in [0.2, 0.25) is 5.02 Å². The Morgan fingerprint density at radius 1 is 1.47 bits per heavy atom. The number of carbonyl (C=O) groups is 2. The quantitative estimate of drug-likeness (QED) is 0.688. The van der Waals surface area contributed by atoms with E-state index in [0.29, 0.717) is 0 Å². The van der Waals surface area contributed by atoms with Crippen molar-refractivity contribution < 1.29 is 14.7 Å². The number of aromatic carboxylic acids is 1. The molecule has 1 aromatic rings. The number of carboxylic acid groups (broad SMARTS) is 1. The van der Waals surface area contributed by atoms with E-state index >= 15 is 0 Å². The predicted molar refractivity (Wildman–Crippen MR) is 61.1 cm³/mol. The molecule has 5 heteroatoms. The van der Waals surface area contributed by atoms with Crippen molar-refractivity contribution in [3.05, 3.63) is 34.3 Å². The molecule has 0 fully saturated rings. The summed E-state index contributed by atoms with van der Waals surface area (Å²) in [5.41, 5.74) is -0.0187. The van der Waals surface area contributed by atoms with E-state index in [9.17, 15) is 9.59 Å². The first kappa shape index (κ1) is 12.2. The predicted octanol–water partition coefficient (Wildman–Crippen LogP) is 3.00. The van der Waals surface area contributed by atoms with Crippen molar-refractivity contribution in [2.24, 2.45) is 0 Å². The Kier molecular flexibility index (Phi) is 3.88. The molecule has 1 atom stereocenters. The highest BCUT2D eigenvalue weighted by Gasteiger charge is 2.21. The van der Waals surface area contributed by atoms with E-state index in [1.54, 1.807) is 13.0 Å². The van der Waals surface area contributed by atoms with E-state index in [4.69, 9.17) is 16.7 Å². The van der Waals surface area contributed by atoms with E-state index in [2.05, 4.69) is 15.9 Å². The number of halogens is 2. The highest BCUT2D eigenvalue weighted by atomic mass is 79.9. The lowest BCUT2D eigenvalue weighted by atomic mass is 10.0. The fraction of sp³-hybridized carbons (Fsp3) is 0.200. The molecule has 0 aliphatic carbocycles. The van der Waals surface area contributed by atoms with Crippen molar-refractivity contribution in [3.8, 4) is 0 Å². The summed E-state index contributed by atoms with van der Waals surface area (Å²) in [6.45, 7) is 1.63. The van der Waals surface area contributed by atoms with Gasteiger partial charge in [-0.3, -0.25) is 4.79 Å². The fourth-order valence-corrected chi connectivity index (χ4v) is 1.66. The molecule has 15 heavy (non-hydrogen) atoms. The summed E-state index contributed by atoms with van der Waals surface area (Å²) >= 11 is 8.82. The van der Waals surface area contributed by atoms with Crippen LogP contribution in [0.4, 0.5) is 0 Å². The van der Waals surface area contributed by atoms with E-state index < -0.39 is 10.8 Å². The average Bonchev–Trinajstić information content (AvgIpc) is 2.15. The molecule has 0 heterocycles. The Labute approximate surface area is 100 Å². The number of hydrogen-bond acceptors (Lipinski definition) is 2. The zero-order valence-electron chi connectivity index (χ0n) is 7.83. The maximum atomic E-state index is 11.7. The van der Waals surface area contributed by atoms with E-state index in [1.807, 2.05) is 0 Å². The van der Waals surface area contributed by atoms with Gasteiger partial charge in [-0.15, -0.1) is 0 Å². The van der Waals surface area contributed by atoms with Crippen LogP contribution >= 0.6 is 27.5 Å². The molecule has 0 aromatic heterocycles. The van der Waals surface area contributed by atoms with E-state index in [0.717, 1.165) is 0 Å². The number of rotatable bonds is 3. The van der Waals surface area contributed by atoms with Crippen molar-refractivity contribution >= 4 is 39.3 Å². The van der Waals surface area contributed by atoms with Gasteiger partial charge in [0.1, 0.15) is 0 Å². The molecule has 1 N–H and O–H groups in total. The largest absolute Gasteiger partial charge is 0.478 e. The minimum Gasteiger partial charge on any atom is -0.478 e. The van der Waals surface area contributed by atoms with Gasteiger partial charge in [0.2, 0.25) is 0 Å². The number of carboxylic acids is 1. The Bertz CT molecular complexity index is 415. The van der Waals surface area contributed by atoms with Crippen molar-refractivity contribution in [2.45, 2.75) is 11.8 Å². The molecule has 0 saturated carbocycles. The molecular weight excluding hydrogens is 283 g/mol. The summed E-state index contributed by atoms with van der Waals surface area (Å²) in [5, 5.41) is 9.00. The van der Waals surface area contributed by atoms with Crippen molar-refractivity contribution in [1.82, 2.24) is 0 Å². The van der Waals surface area contributed by atoms with Gasteiger partial charge in [0.05, 0.1) is 15.4 Å². The average molecular weight is 292 g/mol. The second-order valence-electron chi connectivity index (χ2n) is 2.95. The van der Waals surface area contributed by atoms with Crippen molar-refractivity contribution in [1.29, 1.82) is 0 Å². The molecular formula is C10H8BrClO3. The molecule has 0 aliphatic rings. The first-order valence-corrected chi connectivity index (χ1v) is 5.44. The van der Waals surface area contributed by atoms with Crippen LogP contribution in [-0.2, 0) is 0 Å². The van der Waals surface area contributed by atoms with Gasteiger partial charge in [0, 0.05) is 5.56 Å².